The van der Waals surface area contributed by atoms with Gasteiger partial charge in [-0.2, -0.15) is 0 Å². The summed E-state index contributed by atoms with van der Waals surface area (Å²) < 4.78 is 0. The number of rotatable bonds is 1. The van der Waals surface area contributed by atoms with Crippen LogP contribution in [0.25, 0.3) is 0 Å². The van der Waals surface area contributed by atoms with Crippen LogP contribution < -0.4 is 11.1 Å². The minimum Gasteiger partial charge on any atom is -0.330 e. The van der Waals surface area contributed by atoms with Crippen molar-refractivity contribution < 1.29 is 9.59 Å². The Labute approximate surface area is 82.6 Å². The second-order valence-corrected chi connectivity index (χ2v) is 4.09. The lowest BCUT2D eigenvalue weighted by Crippen LogP contribution is -2.52. The average molecular weight is 197 g/mol. The van der Waals surface area contributed by atoms with Crippen molar-refractivity contribution in [2.75, 3.05) is 13.6 Å². The fourth-order valence-electron chi connectivity index (χ4n) is 2.56. The minimum atomic E-state index is -0.680. The Kier molecular flexibility index (Phi) is 1.99. The fraction of sp³-hybridized carbons (Fsp3) is 0.778. The van der Waals surface area contributed by atoms with Crippen LogP contribution in [0.5, 0.6) is 0 Å². The third kappa shape index (κ3) is 0.987. The molecule has 1 saturated heterocycles. The van der Waals surface area contributed by atoms with Crippen LogP contribution in [0, 0.1) is 5.92 Å². The van der Waals surface area contributed by atoms with Gasteiger partial charge in [0.05, 0.1) is 0 Å². The summed E-state index contributed by atoms with van der Waals surface area (Å²) in [5.41, 5.74) is 4.94. The van der Waals surface area contributed by atoms with E-state index in [-0.39, 0.29) is 17.9 Å². The first kappa shape index (κ1) is 9.45. The summed E-state index contributed by atoms with van der Waals surface area (Å²) in [4.78, 5) is 24.4. The van der Waals surface area contributed by atoms with Crippen LogP contribution in [0.4, 0.5) is 4.79 Å². The number of hydrogen-bond acceptors (Lipinski definition) is 3. The maximum atomic E-state index is 11.9. The van der Waals surface area contributed by atoms with Crippen molar-refractivity contribution in [1.82, 2.24) is 10.2 Å². The summed E-state index contributed by atoms with van der Waals surface area (Å²) in [6.45, 7) is 0.458. The molecule has 0 unspecified atom stereocenters. The summed E-state index contributed by atoms with van der Waals surface area (Å²) in [6.07, 6.45) is 2.61. The fourth-order valence-corrected chi connectivity index (χ4v) is 2.56. The summed E-state index contributed by atoms with van der Waals surface area (Å²) >= 11 is 0. The van der Waals surface area contributed by atoms with Crippen molar-refractivity contribution in [3.8, 4) is 0 Å². The molecule has 2 atom stereocenters. The van der Waals surface area contributed by atoms with Crippen LogP contribution in [0.1, 0.15) is 19.3 Å². The van der Waals surface area contributed by atoms with E-state index in [9.17, 15) is 9.59 Å². The second kappa shape index (κ2) is 2.95. The molecule has 0 radical (unpaired) electrons. The van der Waals surface area contributed by atoms with Crippen LogP contribution in [0.15, 0.2) is 0 Å². The maximum absolute atomic E-state index is 11.9. The molecule has 0 aromatic rings. The van der Waals surface area contributed by atoms with Gasteiger partial charge >= 0.3 is 6.03 Å². The topological polar surface area (TPSA) is 75.4 Å². The molecule has 2 fully saturated rings. The lowest BCUT2D eigenvalue weighted by Gasteiger charge is -2.27. The Balaban J connectivity index is 2.32. The molecule has 3 amide bonds. The zero-order valence-corrected chi connectivity index (χ0v) is 8.25. The molecule has 3 N–H and O–H groups in total. The van der Waals surface area contributed by atoms with Gasteiger partial charge in [-0.3, -0.25) is 9.69 Å². The van der Waals surface area contributed by atoms with Gasteiger partial charge in [-0.15, -0.1) is 0 Å². The molecule has 1 spiro atoms. The van der Waals surface area contributed by atoms with Gasteiger partial charge in [0.15, 0.2) is 0 Å². The number of hydrogen-bond donors (Lipinski definition) is 2. The van der Waals surface area contributed by atoms with E-state index in [1.807, 2.05) is 0 Å². The van der Waals surface area contributed by atoms with E-state index in [2.05, 4.69) is 5.32 Å². The van der Waals surface area contributed by atoms with E-state index in [0.717, 1.165) is 24.2 Å². The molecule has 2 aliphatic rings. The van der Waals surface area contributed by atoms with E-state index in [4.69, 9.17) is 5.73 Å². The van der Waals surface area contributed by atoms with Gasteiger partial charge < -0.3 is 11.1 Å². The zero-order chi connectivity index (χ0) is 10.3. The Hall–Kier alpha value is -1.10. The molecular formula is C9H15N3O2. The molecule has 1 aliphatic carbocycles. The first-order chi connectivity index (χ1) is 6.62. The summed E-state index contributed by atoms with van der Waals surface area (Å²) in [5, 5.41) is 2.79. The number of carbonyl (C=O) groups excluding carboxylic acids is 2. The quantitative estimate of drug-likeness (QED) is 0.565. The van der Waals surface area contributed by atoms with Crippen molar-refractivity contribution in [2.45, 2.75) is 24.8 Å². The Morgan fingerprint density at radius 2 is 2.36 bits per heavy atom. The monoisotopic (exact) mass is 197 g/mol. The zero-order valence-electron chi connectivity index (χ0n) is 8.25. The van der Waals surface area contributed by atoms with Gasteiger partial charge in [-0.05, 0) is 19.4 Å². The standard InChI is InChI=1S/C9H15N3O2/c1-12-7(13)9(11-8(12)14)4-2-3-6(9)5-10/h6H,2-5,10H2,1H3,(H,11,14)/t6-,9+/m0/s1. The Morgan fingerprint density at radius 3 is 2.86 bits per heavy atom. The Morgan fingerprint density at radius 1 is 1.64 bits per heavy atom. The van der Waals surface area contributed by atoms with Crippen LogP contribution in [-0.4, -0.2) is 36.0 Å². The number of nitrogens with zero attached hydrogens (tertiary/aromatic N) is 1. The number of amides is 3. The molecule has 0 aromatic heterocycles. The van der Waals surface area contributed by atoms with Crippen molar-refractivity contribution in [3.63, 3.8) is 0 Å². The van der Waals surface area contributed by atoms with Gasteiger partial charge in [0, 0.05) is 13.0 Å². The van der Waals surface area contributed by atoms with Crippen molar-refractivity contribution in [3.05, 3.63) is 0 Å². The third-order valence-corrected chi connectivity index (χ3v) is 3.43. The van der Waals surface area contributed by atoms with Crippen LogP contribution in [-0.2, 0) is 4.79 Å². The summed E-state index contributed by atoms with van der Waals surface area (Å²) in [6, 6.07) is -0.296. The number of nitrogens with two attached hydrogens (primary N) is 1. The first-order valence-electron chi connectivity index (χ1n) is 4.92. The number of carbonyl (C=O) groups is 2. The molecule has 1 aliphatic heterocycles. The van der Waals surface area contributed by atoms with Crippen LogP contribution in [0.3, 0.4) is 0 Å². The number of likely N-dealkylation sites (N-methyl/N-ethyl adjacent to an activating group) is 1. The van der Waals surface area contributed by atoms with Gasteiger partial charge in [-0.25, -0.2) is 4.79 Å². The maximum Gasteiger partial charge on any atom is 0.324 e. The molecular weight excluding hydrogens is 182 g/mol. The van der Waals surface area contributed by atoms with E-state index in [1.54, 1.807) is 0 Å². The highest BCUT2D eigenvalue weighted by Crippen LogP contribution is 2.39. The van der Waals surface area contributed by atoms with Gasteiger partial charge in [0.1, 0.15) is 5.54 Å². The largest absolute Gasteiger partial charge is 0.330 e. The van der Waals surface area contributed by atoms with Gasteiger partial charge in [-0.1, -0.05) is 6.42 Å². The molecule has 14 heavy (non-hydrogen) atoms. The highest BCUT2D eigenvalue weighted by Gasteiger charge is 2.56. The van der Waals surface area contributed by atoms with E-state index in [0.29, 0.717) is 6.54 Å². The predicted molar refractivity (Wildman–Crippen MR) is 50.4 cm³/mol. The van der Waals surface area contributed by atoms with E-state index < -0.39 is 5.54 Å². The lowest BCUT2D eigenvalue weighted by molar-refractivity contribution is -0.131. The minimum absolute atomic E-state index is 0.101. The summed E-state index contributed by atoms with van der Waals surface area (Å²) in [7, 11) is 1.51. The van der Waals surface area contributed by atoms with Crippen LogP contribution in [0.2, 0.25) is 0 Å². The first-order valence-corrected chi connectivity index (χ1v) is 4.92. The molecule has 1 heterocycles. The SMILES string of the molecule is CN1C(=O)N[C@@]2(CCC[C@H]2CN)C1=O. The highest BCUT2D eigenvalue weighted by molar-refractivity contribution is 6.07. The lowest BCUT2D eigenvalue weighted by atomic mass is 9.87. The van der Waals surface area contributed by atoms with Crippen molar-refractivity contribution in [1.29, 1.82) is 0 Å². The van der Waals surface area contributed by atoms with E-state index in [1.165, 1.54) is 7.05 Å². The highest BCUT2D eigenvalue weighted by atomic mass is 16.2. The smallest absolute Gasteiger partial charge is 0.324 e. The number of imide groups is 1. The van der Waals surface area contributed by atoms with Crippen molar-refractivity contribution >= 4 is 11.9 Å². The van der Waals surface area contributed by atoms with Gasteiger partial charge in [0.25, 0.3) is 5.91 Å². The number of urea groups is 1. The normalized spacial score (nSPS) is 37.0. The number of nitrogens with one attached hydrogen (secondary N) is 1. The molecule has 5 nitrogen and oxygen atoms in total. The molecule has 1 saturated carbocycles. The molecule has 0 bridgehead atoms. The Bertz CT molecular complexity index is 292. The second-order valence-electron chi connectivity index (χ2n) is 4.09. The molecule has 0 aromatic carbocycles. The molecule has 78 valence electrons. The average Bonchev–Trinajstić information content (AvgIpc) is 2.66. The third-order valence-electron chi connectivity index (χ3n) is 3.43. The van der Waals surface area contributed by atoms with Gasteiger partial charge in [0.2, 0.25) is 0 Å². The molecule has 5 heteroatoms. The van der Waals surface area contributed by atoms with Crippen molar-refractivity contribution in [2.24, 2.45) is 11.7 Å². The predicted octanol–water partition coefficient (Wildman–Crippen LogP) is -0.334. The molecule has 2 rings (SSSR count). The van der Waals surface area contributed by atoms with E-state index >= 15 is 0 Å². The summed E-state index contributed by atoms with van der Waals surface area (Å²) in [5.74, 6) is -0.0145. The van der Waals surface area contributed by atoms with Crippen LogP contribution >= 0.6 is 0 Å².